The Bertz CT molecular complexity index is 890. The average molecular weight is 526 g/mol. The molecule has 1 atom stereocenters. The number of furan rings is 1. The van der Waals surface area contributed by atoms with E-state index in [2.05, 4.69) is 56.4 Å². The van der Waals surface area contributed by atoms with Gasteiger partial charge in [0.2, 0.25) is 0 Å². The summed E-state index contributed by atoms with van der Waals surface area (Å²) in [6, 6.07) is 10.1. The quantitative estimate of drug-likeness (QED) is 0.182. The average Bonchev–Trinajstić information content (AvgIpc) is 3.37. The fraction of sp³-hybridized carbons (Fsp3) is 0.476. The molecular formula is C21H31IN6O2. The number of hydrogen-bond acceptors (Lipinski definition) is 5. The van der Waals surface area contributed by atoms with Crippen LogP contribution in [0.1, 0.15) is 37.9 Å². The van der Waals surface area contributed by atoms with Gasteiger partial charge in [-0.05, 0) is 25.5 Å². The van der Waals surface area contributed by atoms with Crippen LogP contribution in [-0.4, -0.2) is 47.5 Å². The van der Waals surface area contributed by atoms with E-state index in [-0.39, 0.29) is 30.0 Å². The Hall–Kier alpha value is -2.14. The van der Waals surface area contributed by atoms with Crippen molar-refractivity contribution in [2.24, 2.45) is 4.99 Å². The summed E-state index contributed by atoms with van der Waals surface area (Å²) in [5.74, 6) is 2.61. The number of benzene rings is 1. The van der Waals surface area contributed by atoms with Crippen LogP contribution in [0.15, 0.2) is 46.1 Å². The lowest BCUT2D eigenvalue weighted by atomic mass is 10.2. The molecule has 3 rings (SSSR count). The molecule has 0 amide bonds. The number of halogens is 1. The first-order valence-corrected chi connectivity index (χ1v) is 10.1. The predicted molar refractivity (Wildman–Crippen MR) is 129 cm³/mol. The lowest BCUT2D eigenvalue weighted by Crippen LogP contribution is -2.40. The second-order valence-corrected chi connectivity index (χ2v) is 6.85. The minimum Gasteiger partial charge on any atom is -0.459 e. The van der Waals surface area contributed by atoms with E-state index >= 15 is 0 Å². The number of fused-ring (bicyclic) bond motifs is 1. The molecule has 0 aliphatic rings. The van der Waals surface area contributed by atoms with E-state index in [1.54, 1.807) is 13.4 Å². The van der Waals surface area contributed by atoms with Gasteiger partial charge in [0.25, 0.3) is 0 Å². The first-order chi connectivity index (χ1) is 14.2. The molecular weight excluding hydrogens is 495 g/mol. The standard InChI is InChI=1S/C21H30N6O2.HI/c1-4-20-26-24-15-27(20)12-11-23-21(22-10-7-13-28-3)25-16(2)19-14-17-8-5-6-9-18(17)29-19;/h5-6,8-9,14-16H,4,7,10-13H2,1-3H3,(H2,22,23,25);1H. The second kappa shape index (κ2) is 12.5. The Morgan fingerprint density at radius 3 is 2.93 bits per heavy atom. The summed E-state index contributed by atoms with van der Waals surface area (Å²) in [7, 11) is 1.70. The fourth-order valence-electron chi connectivity index (χ4n) is 3.08. The molecule has 2 aromatic heterocycles. The van der Waals surface area contributed by atoms with Gasteiger partial charge in [0.1, 0.15) is 23.5 Å². The Morgan fingerprint density at radius 2 is 2.17 bits per heavy atom. The van der Waals surface area contributed by atoms with Gasteiger partial charge in [-0.2, -0.15) is 0 Å². The first-order valence-electron chi connectivity index (χ1n) is 10.1. The molecule has 0 saturated heterocycles. The van der Waals surface area contributed by atoms with Gasteiger partial charge in [0.05, 0.1) is 6.04 Å². The number of rotatable bonds is 10. The van der Waals surface area contributed by atoms with Crippen molar-refractivity contribution in [2.75, 3.05) is 26.8 Å². The zero-order valence-electron chi connectivity index (χ0n) is 17.8. The number of aryl methyl sites for hydroxylation is 1. The number of aliphatic imine (C=N–C) groups is 1. The van der Waals surface area contributed by atoms with Crippen LogP contribution in [0.5, 0.6) is 0 Å². The Morgan fingerprint density at radius 1 is 1.33 bits per heavy atom. The Kier molecular flexibility index (Phi) is 10.1. The molecule has 1 aromatic carbocycles. The van der Waals surface area contributed by atoms with Crippen LogP contribution < -0.4 is 10.6 Å². The highest BCUT2D eigenvalue weighted by molar-refractivity contribution is 14.0. The van der Waals surface area contributed by atoms with Crippen LogP contribution in [0.25, 0.3) is 11.0 Å². The predicted octanol–water partition coefficient (Wildman–Crippen LogP) is 3.54. The summed E-state index contributed by atoms with van der Waals surface area (Å²) in [6.07, 6.45) is 3.49. The summed E-state index contributed by atoms with van der Waals surface area (Å²) in [4.78, 5) is 4.67. The van der Waals surface area contributed by atoms with Gasteiger partial charge in [-0.3, -0.25) is 4.99 Å². The third-order valence-corrected chi connectivity index (χ3v) is 4.66. The second-order valence-electron chi connectivity index (χ2n) is 6.85. The smallest absolute Gasteiger partial charge is 0.191 e. The van der Waals surface area contributed by atoms with E-state index in [4.69, 9.17) is 9.15 Å². The normalized spacial score (nSPS) is 12.6. The zero-order valence-corrected chi connectivity index (χ0v) is 20.1. The largest absolute Gasteiger partial charge is 0.459 e. The topological polar surface area (TPSA) is 89.5 Å². The van der Waals surface area contributed by atoms with Crippen LogP contribution in [0, 0.1) is 0 Å². The monoisotopic (exact) mass is 526 g/mol. The number of nitrogens with zero attached hydrogens (tertiary/aromatic N) is 4. The van der Waals surface area contributed by atoms with E-state index in [1.807, 2.05) is 18.2 Å². The molecule has 164 valence electrons. The molecule has 0 saturated carbocycles. The number of ether oxygens (including phenoxy) is 1. The Balaban J connectivity index is 0.00000320. The summed E-state index contributed by atoms with van der Waals surface area (Å²) >= 11 is 0. The maximum Gasteiger partial charge on any atom is 0.191 e. The molecule has 0 radical (unpaired) electrons. The van der Waals surface area contributed by atoms with Gasteiger partial charge in [-0.25, -0.2) is 0 Å². The van der Waals surface area contributed by atoms with E-state index in [0.29, 0.717) is 19.7 Å². The van der Waals surface area contributed by atoms with Crippen molar-refractivity contribution < 1.29 is 9.15 Å². The molecule has 2 N–H and O–H groups in total. The highest BCUT2D eigenvalue weighted by Crippen LogP contribution is 2.23. The lowest BCUT2D eigenvalue weighted by molar-refractivity contribution is 0.197. The van der Waals surface area contributed by atoms with E-state index in [9.17, 15) is 0 Å². The Labute approximate surface area is 194 Å². The maximum absolute atomic E-state index is 5.98. The number of aromatic nitrogens is 3. The van der Waals surface area contributed by atoms with Crippen molar-refractivity contribution >= 4 is 40.9 Å². The van der Waals surface area contributed by atoms with Crippen molar-refractivity contribution in [3.05, 3.63) is 48.2 Å². The third-order valence-electron chi connectivity index (χ3n) is 4.66. The number of hydrogen-bond donors (Lipinski definition) is 2. The number of nitrogens with one attached hydrogen (secondary N) is 2. The number of guanidine groups is 1. The van der Waals surface area contributed by atoms with Gasteiger partial charge in [0, 0.05) is 45.2 Å². The first kappa shape index (κ1) is 24.1. The van der Waals surface area contributed by atoms with Crippen molar-refractivity contribution in [2.45, 2.75) is 39.3 Å². The maximum atomic E-state index is 5.98. The van der Waals surface area contributed by atoms with Crippen LogP contribution in [0.4, 0.5) is 0 Å². The minimum atomic E-state index is -0.0165. The molecule has 0 aliphatic heterocycles. The fourth-order valence-corrected chi connectivity index (χ4v) is 3.08. The molecule has 1 unspecified atom stereocenters. The summed E-state index contributed by atoms with van der Waals surface area (Å²) < 4.78 is 13.2. The van der Waals surface area contributed by atoms with Crippen molar-refractivity contribution in [1.29, 1.82) is 0 Å². The molecule has 9 heteroatoms. The summed E-state index contributed by atoms with van der Waals surface area (Å²) in [6.45, 7) is 7.01. The van der Waals surface area contributed by atoms with Gasteiger partial charge in [0.15, 0.2) is 5.96 Å². The van der Waals surface area contributed by atoms with Crippen molar-refractivity contribution in [1.82, 2.24) is 25.4 Å². The van der Waals surface area contributed by atoms with E-state index in [1.165, 1.54) is 0 Å². The van der Waals surface area contributed by atoms with Gasteiger partial charge in [-0.15, -0.1) is 34.2 Å². The van der Waals surface area contributed by atoms with Crippen LogP contribution >= 0.6 is 24.0 Å². The highest BCUT2D eigenvalue weighted by Gasteiger charge is 2.13. The van der Waals surface area contributed by atoms with E-state index < -0.39 is 0 Å². The molecule has 0 spiro atoms. The molecule has 2 heterocycles. The molecule has 30 heavy (non-hydrogen) atoms. The molecule has 3 aromatic rings. The van der Waals surface area contributed by atoms with Crippen LogP contribution in [-0.2, 0) is 17.7 Å². The molecule has 0 bridgehead atoms. The van der Waals surface area contributed by atoms with Crippen molar-refractivity contribution in [3.63, 3.8) is 0 Å². The number of para-hydroxylation sites is 1. The van der Waals surface area contributed by atoms with Gasteiger partial charge in [-0.1, -0.05) is 25.1 Å². The minimum absolute atomic E-state index is 0. The summed E-state index contributed by atoms with van der Waals surface area (Å²) in [5.41, 5.74) is 0.891. The molecule has 0 fully saturated rings. The lowest BCUT2D eigenvalue weighted by Gasteiger charge is -2.17. The van der Waals surface area contributed by atoms with Crippen LogP contribution in [0.3, 0.4) is 0 Å². The van der Waals surface area contributed by atoms with Gasteiger partial charge >= 0.3 is 0 Å². The van der Waals surface area contributed by atoms with Crippen LogP contribution in [0.2, 0.25) is 0 Å². The van der Waals surface area contributed by atoms with Crippen molar-refractivity contribution in [3.8, 4) is 0 Å². The zero-order chi connectivity index (χ0) is 20.5. The molecule has 8 nitrogen and oxygen atoms in total. The number of methoxy groups -OCH3 is 1. The van der Waals surface area contributed by atoms with Gasteiger partial charge < -0.3 is 24.4 Å². The summed E-state index contributed by atoms with van der Waals surface area (Å²) in [5, 5.41) is 16.1. The van der Waals surface area contributed by atoms with E-state index in [0.717, 1.165) is 47.9 Å². The third kappa shape index (κ3) is 6.69. The SMILES string of the molecule is CCc1nncn1CCNC(=NCCCOC)NC(C)c1cc2ccccc2o1.I. The highest BCUT2D eigenvalue weighted by atomic mass is 127. The molecule has 0 aliphatic carbocycles.